The van der Waals surface area contributed by atoms with Crippen LogP contribution in [0.4, 0.5) is 0 Å². The molecule has 0 fully saturated rings. The van der Waals surface area contributed by atoms with Gasteiger partial charge in [0.25, 0.3) is 0 Å². The van der Waals surface area contributed by atoms with Gasteiger partial charge in [-0.25, -0.2) is 4.57 Å². The zero-order valence-electron chi connectivity index (χ0n) is 37.3. The van der Waals surface area contributed by atoms with E-state index >= 15 is 0 Å². The third-order valence-electron chi connectivity index (χ3n) is 10.7. The molecule has 0 amide bonds. The monoisotopic (exact) mass is 827 g/mol. The van der Waals surface area contributed by atoms with Gasteiger partial charge in [-0.1, -0.05) is 218 Å². The quantitative estimate of drug-likeness (QED) is 0.0270. The van der Waals surface area contributed by atoms with Crippen molar-refractivity contribution in [2.75, 3.05) is 13.2 Å². The molecule has 0 aromatic carbocycles. The van der Waals surface area contributed by atoms with Crippen molar-refractivity contribution in [2.24, 2.45) is 0 Å². The van der Waals surface area contributed by atoms with Crippen LogP contribution in [-0.2, 0) is 28.2 Å². The molecule has 0 aliphatic rings. The summed E-state index contributed by atoms with van der Waals surface area (Å²) in [5.41, 5.74) is 0. The average Bonchev–Trinajstić information content (AvgIpc) is 3.18. The van der Waals surface area contributed by atoms with Gasteiger partial charge in [-0.3, -0.25) is 14.1 Å². The van der Waals surface area contributed by atoms with Crippen LogP contribution >= 0.6 is 7.82 Å². The molecule has 9 heteroatoms. The summed E-state index contributed by atoms with van der Waals surface area (Å²) in [6, 6.07) is 0. The number of ether oxygens (including phenoxy) is 2. The number of phosphoric ester groups is 1. The highest BCUT2D eigenvalue weighted by Crippen LogP contribution is 2.36. The van der Waals surface area contributed by atoms with E-state index < -0.39 is 32.5 Å². The summed E-state index contributed by atoms with van der Waals surface area (Å²) in [6.45, 7) is 3.69. The highest BCUT2D eigenvalue weighted by atomic mass is 31.2. The summed E-state index contributed by atoms with van der Waals surface area (Å²) in [6.07, 6.45) is 51.9. The lowest BCUT2D eigenvalue weighted by Crippen LogP contribution is -2.29. The van der Waals surface area contributed by atoms with Crippen molar-refractivity contribution in [3.8, 4) is 0 Å². The van der Waals surface area contributed by atoms with E-state index in [1.54, 1.807) is 0 Å². The van der Waals surface area contributed by atoms with Crippen LogP contribution < -0.4 is 0 Å². The zero-order chi connectivity index (χ0) is 41.8. The molecule has 0 bridgehead atoms. The molecule has 0 heterocycles. The van der Waals surface area contributed by atoms with E-state index in [9.17, 15) is 14.2 Å². The van der Waals surface area contributed by atoms with Crippen LogP contribution in [0, 0.1) is 0 Å². The van der Waals surface area contributed by atoms with Crippen molar-refractivity contribution in [1.82, 2.24) is 0 Å². The van der Waals surface area contributed by atoms with Gasteiger partial charge in [0.05, 0.1) is 6.61 Å². The Morgan fingerprint density at radius 1 is 0.456 bits per heavy atom. The third kappa shape index (κ3) is 47.1. The molecule has 0 aromatic heterocycles. The topological polar surface area (TPSA) is 119 Å². The third-order valence-corrected chi connectivity index (χ3v) is 11.2. The number of phosphoric acid groups is 1. The van der Waals surface area contributed by atoms with Crippen molar-refractivity contribution in [3.05, 3.63) is 24.3 Å². The lowest BCUT2D eigenvalue weighted by molar-refractivity contribution is -0.161. The van der Waals surface area contributed by atoms with Crippen LogP contribution in [0.25, 0.3) is 0 Å². The number of carbonyl (C=O) groups is 2. The van der Waals surface area contributed by atoms with Gasteiger partial charge in [-0.05, 0) is 44.9 Å². The Morgan fingerprint density at radius 3 is 1.19 bits per heavy atom. The Balaban J connectivity index is 3.81. The van der Waals surface area contributed by atoms with Gasteiger partial charge in [-0.2, -0.15) is 0 Å². The Bertz CT molecular complexity index is 977. The number of rotatable bonds is 45. The van der Waals surface area contributed by atoms with Crippen LogP contribution in [0.2, 0.25) is 0 Å². The van der Waals surface area contributed by atoms with E-state index in [2.05, 4.69) is 42.7 Å². The smallest absolute Gasteiger partial charge is 0.462 e. The molecule has 2 N–H and O–H groups in total. The normalized spacial score (nSPS) is 12.6. The summed E-state index contributed by atoms with van der Waals surface area (Å²) in [5.74, 6) is -0.880. The average molecular weight is 827 g/mol. The molecule has 0 saturated carbocycles. The number of esters is 2. The molecule has 8 nitrogen and oxygen atoms in total. The first-order valence-corrected chi connectivity index (χ1v) is 25.7. The van der Waals surface area contributed by atoms with E-state index in [1.165, 1.54) is 161 Å². The van der Waals surface area contributed by atoms with Crippen LogP contribution in [0.5, 0.6) is 0 Å². The molecule has 0 rings (SSSR count). The van der Waals surface area contributed by atoms with Crippen LogP contribution in [-0.4, -0.2) is 41.0 Å². The standard InChI is InChI=1S/C48H91O8P/c1-3-5-7-9-11-13-15-17-19-21-22-23-24-25-27-29-31-33-35-37-39-41-43-48(50)56-46(45-55-57(51,52)53)44-54-47(49)42-40-38-36-34-32-30-28-26-20-18-16-14-12-10-8-6-4-2/h12,14,18,20,46H,3-11,13,15-17,19,21-45H2,1-2H3,(H2,51,52,53)/b14-12+,20-18+/t46-/m1/s1. The van der Waals surface area contributed by atoms with Gasteiger partial charge < -0.3 is 19.3 Å². The molecular weight excluding hydrogens is 735 g/mol. The zero-order valence-corrected chi connectivity index (χ0v) is 38.1. The first kappa shape index (κ1) is 55.5. The lowest BCUT2D eigenvalue weighted by atomic mass is 10.0. The van der Waals surface area contributed by atoms with E-state index in [0.717, 1.165) is 57.8 Å². The van der Waals surface area contributed by atoms with Crippen molar-refractivity contribution in [3.63, 3.8) is 0 Å². The Hall–Kier alpha value is -1.47. The molecule has 0 radical (unpaired) electrons. The summed E-state index contributed by atoms with van der Waals surface area (Å²) in [4.78, 5) is 43.0. The highest BCUT2D eigenvalue weighted by molar-refractivity contribution is 7.46. The molecule has 336 valence electrons. The largest absolute Gasteiger partial charge is 0.469 e. The molecular formula is C48H91O8P. The molecule has 0 aliphatic carbocycles. The number of hydrogen-bond donors (Lipinski definition) is 2. The minimum atomic E-state index is -4.76. The number of unbranched alkanes of at least 4 members (excludes halogenated alkanes) is 31. The Labute approximate surface area is 351 Å². The van der Waals surface area contributed by atoms with Crippen LogP contribution in [0.15, 0.2) is 24.3 Å². The van der Waals surface area contributed by atoms with Gasteiger partial charge in [0.15, 0.2) is 6.10 Å². The lowest BCUT2D eigenvalue weighted by Gasteiger charge is -2.18. The molecule has 57 heavy (non-hydrogen) atoms. The van der Waals surface area contributed by atoms with Gasteiger partial charge >= 0.3 is 19.8 Å². The Kier molecular flexibility index (Phi) is 43.0. The highest BCUT2D eigenvalue weighted by Gasteiger charge is 2.23. The fourth-order valence-corrected chi connectivity index (χ4v) is 7.47. The van der Waals surface area contributed by atoms with Gasteiger partial charge in [0, 0.05) is 12.8 Å². The predicted molar refractivity (Wildman–Crippen MR) is 239 cm³/mol. The summed E-state index contributed by atoms with van der Waals surface area (Å²) < 4.78 is 26.5. The fraction of sp³-hybridized carbons (Fsp3) is 0.875. The first-order chi connectivity index (χ1) is 27.8. The summed E-state index contributed by atoms with van der Waals surface area (Å²) in [5, 5.41) is 0. The maximum Gasteiger partial charge on any atom is 0.469 e. The maximum absolute atomic E-state index is 12.5. The first-order valence-electron chi connectivity index (χ1n) is 24.1. The SMILES string of the molecule is CCCCC/C=C/C/C=C/CCCCCCCCCC(=O)OC[C@H](COP(=O)(O)O)OC(=O)CCCCCCCCCCCCCCCCCCCCCCCC. The van der Waals surface area contributed by atoms with E-state index in [1.807, 2.05) is 0 Å². The molecule has 1 atom stereocenters. The van der Waals surface area contributed by atoms with E-state index in [-0.39, 0.29) is 19.4 Å². The molecule has 0 aromatic rings. The van der Waals surface area contributed by atoms with Crippen molar-refractivity contribution in [2.45, 2.75) is 258 Å². The minimum absolute atomic E-state index is 0.215. The number of carbonyl (C=O) groups excluding carboxylic acids is 2. The van der Waals surface area contributed by atoms with E-state index in [0.29, 0.717) is 6.42 Å². The van der Waals surface area contributed by atoms with E-state index in [4.69, 9.17) is 19.3 Å². The molecule has 0 aliphatic heterocycles. The summed E-state index contributed by atoms with van der Waals surface area (Å²) >= 11 is 0. The van der Waals surface area contributed by atoms with Crippen molar-refractivity contribution < 1.29 is 37.9 Å². The fourth-order valence-electron chi connectivity index (χ4n) is 7.11. The maximum atomic E-state index is 12.5. The molecule has 0 unspecified atom stereocenters. The van der Waals surface area contributed by atoms with Crippen molar-refractivity contribution >= 4 is 19.8 Å². The second-order valence-corrected chi connectivity index (χ2v) is 17.7. The number of hydrogen-bond acceptors (Lipinski definition) is 6. The number of allylic oxidation sites excluding steroid dienone is 4. The van der Waals surface area contributed by atoms with Gasteiger partial charge in [0.1, 0.15) is 6.61 Å². The summed E-state index contributed by atoms with van der Waals surface area (Å²) in [7, 11) is -4.76. The van der Waals surface area contributed by atoms with Gasteiger partial charge in [-0.15, -0.1) is 0 Å². The molecule has 0 spiro atoms. The van der Waals surface area contributed by atoms with Crippen molar-refractivity contribution in [1.29, 1.82) is 0 Å². The minimum Gasteiger partial charge on any atom is -0.462 e. The second kappa shape index (κ2) is 44.1. The van der Waals surface area contributed by atoms with Gasteiger partial charge in [0.2, 0.25) is 0 Å². The molecule has 0 saturated heterocycles. The van der Waals surface area contributed by atoms with Crippen LogP contribution in [0.3, 0.4) is 0 Å². The Morgan fingerprint density at radius 2 is 0.789 bits per heavy atom. The van der Waals surface area contributed by atoms with Crippen LogP contribution in [0.1, 0.15) is 251 Å². The predicted octanol–water partition coefficient (Wildman–Crippen LogP) is 15.1. The second-order valence-electron chi connectivity index (χ2n) is 16.4.